The Morgan fingerprint density at radius 2 is 2.00 bits per heavy atom. The van der Waals surface area contributed by atoms with Crippen molar-refractivity contribution in [3.63, 3.8) is 0 Å². The molecule has 0 aliphatic carbocycles. The van der Waals surface area contributed by atoms with Crippen LogP contribution in [-0.2, 0) is 12.6 Å². The predicted octanol–water partition coefficient (Wildman–Crippen LogP) is 3.65. The van der Waals surface area contributed by atoms with Crippen molar-refractivity contribution in [2.24, 2.45) is 15.9 Å². The van der Waals surface area contributed by atoms with Crippen LogP contribution in [0.4, 0.5) is 22.0 Å². The molecule has 0 aromatic carbocycles. The number of halogens is 5. The summed E-state index contributed by atoms with van der Waals surface area (Å²) in [5, 5.41) is 13.1. The summed E-state index contributed by atoms with van der Waals surface area (Å²) in [5.74, 6) is -0.538. The van der Waals surface area contributed by atoms with Crippen molar-refractivity contribution >= 4 is 12.1 Å². The zero-order valence-electron chi connectivity index (χ0n) is 18.7. The van der Waals surface area contributed by atoms with Gasteiger partial charge in [-0.2, -0.15) is 13.2 Å². The summed E-state index contributed by atoms with van der Waals surface area (Å²) in [6, 6.07) is 1.37. The van der Waals surface area contributed by atoms with Gasteiger partial charge in [0.2, 0.25) is 6.29 Å². The van der Waals surface area contributed by atoms with Crippen LogP contribution in [0.2, 0.25) is 0 Å². The van der Waals surface area contributed by atoms with Crippen LogP contribution >= 0.6 is 0 Å². The first-order valence-corrected chi connectivity index (χ1v) is 10.7. The lowest BCUT2D eigenvalue weighted by molar-refractivity contribution is -0.138. The fourth-order valence-corrected chi connectivity index (χ4v) is 3.63. The standard InChI is InChI=1S/C19H23F5N6O.C2H6/c1-11-5-13(14(8-26-11)19(22,23)24)6-12(3-2-4-25-10-31)16-7-15(17(20)21)29-18-27-9-28-30(16)18;1-2/h5,7-9,12,17-18,25,31H,2-4,6,10H2,1H3,(H,27,28);1-2H3. The van der Waals surface area contributed by atoms with Gasteiger partial charge in [0.1, 0.15) is 12.1 Å². The summed E-state index contributed by atoms with van der Waals surface area (Å²) in [6.45, 7) is 5.78. The topological polar surface area (TPSA) is 85.1 Å². The van der Waals surface area contributed by atoms with Gasteiger partial charge in [-0.15, -0.1) is 0 Å². The molecule has 0 bridgehead atoms. The molecule has 7 nitrogen and oxygen atoms in total. The molecule has 2 aliphatic rings. The van der Waals surface area contributed by atoms with Gasteiger partial charge in [-0.25, -0.2) is 23.8 Å². The Hall–Kier alpha value is -2.60. The molecule has 0 amide bonds. The van der Waals surface area contributed by atoms with Crippen LogP contribution in [0.5, 0.6) is 0 Å². The number of nitrogens with zero attached hydrogens (tertiary/aromatic N) is 4. The molecule has 1 aromatic heterocycles. The quantitative estimate of drug-likeness (QED) is 0.288. The number of hydrazine groups is 1. The largest absolute Gasteiger partial charge is 0.418 e. The minimum absolute atomic E-state index is 0.0371. The monoisotopic (exact) mass is 476 g/mol. The van der Waals surface area contributed by atoms with E-state index in [4.69, 9.17) is 5.11 Å². The molecule has 2 aliphatic heterocycles. The molecule has 12 heteroatoms. The van der Waals surface area contributed by atoms with E-state index in [9.17, 15) is 22.0 Å². The zero-order chi connectivity index (χ0) is 24.6. The third-order valence-electron chi connectivity index (χ3n) is 5.03. The van der Waals surface area contributed by atoms with Crippen molar-refractivity contribution in [3.05, 3.63) is 40.9 Å². The van der Waals surface area contributed by atoms with E-state index in [-0.39, 0.29) is 18.7 Å². The Kier molecular flexibility index (Phi) is 9.71. The smallest absolute Gasteiger partial charge is 0.381 e. The number of aliphatic imine (C=N–C) groups is 2. The van der Waals surface area contributed by atoms with Crippen LogP contribution in [-0.4, -0.2) is 53.1 Å². The number of nitrogens with one attached hydrogen (secondary N) is 2. The highest BCUT2D eigenvalue weighted by molar-refractivity contribution is 5.99. The molecule has 0 fully saturated rings. The fraction of sp³-hybridized carbons (Fsp3) is 0.571. The van der Waals surface area contributed by atoms with Crippen molar-refractivity contribution in [2.45, 2.75) is 58.9 Å². The maximum absolute atomic E-state index is 13.6. The zero-order valence-corrected chi connectivity index (χ0v) is 18.7. The molecule has 184 valence electrons. The first kappa shape index (κ1) is 26.7. The summed E-state index contributed by atoms with van der Waals surface area (Å²) in [6.07, 6.45) is -4.16. The van der Waals surface area contributed by atoms with E-state index < -0.39 is 36.1 Å². The Labute approximate surface area is 189 Å². The highest BCUT2D eigenvalue weighted by atomic mass is 19.4. The number of allylic oxidation sites excluding steroid dienone is 2. The van der Waals surface area contributed by atoms with Crippen molar-refractivity contribution < 1.29 is 27.1 Å². The van der Waals surface area contributed by atoms with Gasteiger partial charge in [0.15, 0.2) is 0 Å². The van der Waals surface area contributed by atoms with Gasteiger partial charge in [-0.3, -0.25) is 15.7 Å². The number of aliphatic hydroxyl groups is 1. The predicted molar refractivity (Wildman–Crippen MR) is 116 cm³/mol. The molecular weight excluding hydrogens is 447 g/mol. The van der Waals surface area contributed by atoms with Crippen LogP contribution in [0.1, 0.15) is 43.5 Å². The number of aliphatic hydroxyl groups excluding tert-OH is 1. The molecular formula is C21H29F5N6O. The summed E-state index contributed by atoms with van der Waals surface area (Å²) in [5.41, 5.74) is 2.37. The van der Waals surface area contributed by atoms with Crippen LogP contribution in [0, 0.1) is 12.8 Å². The maximum atomic E-state index is 13.6. The number of aromatic nitrogens is 1. The Morgan fingerprint density at radius 3 is 2.64 bits per heavy atom. The van der Waals surface area contributed by atoms with E-state index in [2.05, 4.69) is 25.7 Å². The first-order chi connectivity index (χ1) is 15.7. The van der Waals surface area contributed by atoms with Gasteiger partial charge in [-0.1, -0.05) is 13.8 Å². The van der Waals surface area contributed by atoms with Gasteiger partial charge < -0.3 is 5.11 Å². The SMILES string of the molecule is CC.Cc1cc(CC(CCCNCO)C2=CC(C(F)F)=NC3N=CNN23)c(C(F)(F)F)cn1. The molecule has 0 saturated heterocycles. The summed E-state index contributed by atoms with van der Waals surface area (Å²) >= 11 is 0. The molecule has 0 saturated carbocycles. The Balaban J connectivity index is 0.00000187. The van der Waals surface area contributed by atoms with E-state index in [1.54, 1.807) is 6.92 Å². The molecule has 2 atom stereocenters. The molecule has 2 unspecified atom stereocenters. The first-order valence-electron chi connectivity index (χ1n) is 10.7. The van der Waals surface area contributed by atoms with E-state index in [1.165, 1.54) is 23.5 Å². The fourth-order valence-electron chi connectivity index (χ4n) is 3.63. The molecule has 0 spiro atoms. The van der Waals surface area contributed by atoms with E-state index >= 15 is 0 Å². The molecule has 3 rings (SSSR count). The normalized spacial score (nSPS) is 18.2. The third-order valence-corrected chi connectivity index (χ3v) is 5.03. The average molecular weight is 476 g/mol. The van der Waals surface area contributed by atoms with Crippen LogP contribution in [0.15, 0.2) is 34.0 Å². The van der Waals surface area contributed by atoms with Gasteiger partial charge in [0.25, 0.3) is 6.43 Å². The van der Waals surface area contributed by atoms with Crippen molar-refractivity contribution in [1.29, 1.82) is 0 Å². The van der Waals surface area contributed by atoms with Crippen molar-refractivity contribution in [2.75, 3.05) is 13.3 Å². The van der Waals surface area contributed by atoms with Gasteiger partial charge in [0, 0.05) is 23.5 Å². The third kappa shape index (κ3) is 6.94. The number of aryl methyl sites for hydroxylation is 1. The molecule has 3 N–H and O–H groups in total. The van der Waals surface area contributed by atoms with Crippen molar-refractivity contribution in [3.8, 4) is 0 Å². The maximum Gasteiger partial charge on any atom is 0.418 e. The number of pyridine rings is 1. The second kappa shape index (κ2) is 12.0. The van der Waals surface area contributed by atoms with Gasteiger partial charge >= 0.3 is 6.18 Å². The minimum Gasteiger partial charge on any atom is -0.381 e. The second-order valence-corrected chi connectivity index (χ2v) is 7.23. The van der Waals surface area contributed by atoms with Gasteiger partial charge in [-0.05, 0) is 50.4 Å². The number of fused-ring (bicyclic) bond motifs is 1. The number of alkyl halides is 5. The Morgan fingerprint density at radius 1 is 1.27 bits per heavy atom. The number of hydrogen-bond acceptors (Lipinski definition) is 7. The van der Waals surface area contributed by atoms with Crippen LogP contribution in [0.3, 0.4) is 0 Å². The average Bonchev–Trinajstić information content (AvgIpc) is 3.24. The summed E-state index contributed by atoms with van der Waals surface area (Å²) in [7, 11) is 0. The lowest BCUT2D eigenvalue weighted by Crippen LogP contribution is -2.43. The molecule has 1 aromatic rings. The van der Waals surface area contributed by atoms with Crippen molar-refractivity contribution in [1.82, 2.24) is 20.7 Å². The highest BCUT2D eigenvalue weighted by Crippen LogP contribution is 2.36. The lowest BCUT2D eigenvalue weighted by atomic mass is 9.88. The molecule has 0 radical (unpaired) electrons. The molecule has 3 heterocycles. The Bertz CT molecular complexity index is 871. The molecule has 33 heavy (non-hydrogen) atoms. The van der Waals surface area contributed by atoms with Crippen LogP contribution in [0.25, 0.3) is 0 Å². The van der Waals surface area contributed by atoms with Crippen LogP contribution < -0.4 is 10.7 Å². The van der Waals surface area contributed by atoms with E-state index in [0.29, 0.717) is 30.8 Å². The number of hydrogen-bond donors (Lipinski definition) is 3. The summed E-state index contributed by atoms with van der Waals surface area (Å²) < 4.78 is 67.5. The van der Waals surface area contributed by atoms with E-state index in [0.717, 1.165) is 6.20 Å². The summed E-state index contributed by atoms with van der Waals surface area (Å²) in [4.78, 5) is 11.7. The van der Waals surface area contributed by atoms with Gasteiger partial charge in [0.05, 0.1) is 12.3 Å². The highest BCUT2D eigenvalue weighted by Gasteiger charge is 2.37. The van der Waals surface area contributed by atoms with E-state index in [1.807, 2.05) is 13.8 Å². The second-order valence-electron chi connectivity index (χ2n) is 7.23. The minimum atomic E-state index is -4.59. The lowest BCUT2D eigenvalue weighted by Gasteiger charge is -2.34. The number of rotatable bonds is 9.